The molecule has 1 aliphatic rings. The Balaban J connectivity index is 2.59. The Kier molecular flexibility index (Phi) is 4.37. The quantitative estimate of drug-likeness (QED) is 0.706. The van der Waals surface area contributed by atoms with Crippen LogP contribution in [0.25, 0.3) is 0 Å². The molecule has 1 unspecified atom stereocenters. The molecule has 1 fully saturated rings. The molecule has 0 aromatic heterocycles. The molecule has 1 saturated heterocycles. The van der Waals surface area contributed by atoms with Gasteiger partial charge in [0, 0.05) is 24.9 Å². The van der Waals surface area contributed by atoms with Crippen molar-refractivity contribution in [3.05, 3.63) is 0 Å². The molecule has 5 heteroatoms. The molecule has 0 radical (unpaired) electrons. The molecular weight excluding hydrogens is 222 g/mol. The average molecular weight is 243 g/mol. The fourth-order valence-electron chi connectivity index (χ4n) is 2.17. The number of carbonyl (C=O) groups excluding carboxylic acids is 2. The number of hydrogen-bond acceptors (Lipinski definition) is 4. The van der Waals surface area contributed by atoms with Gasteiger partial charge >= 0.3 is 12.1 Å². The summed E-state index contributed by atoms with van der Waals surface area (Å²) in [5.74, 6) is -0.212. The summed E-state index contributed by atoms with van der Waals surface area (Å²) >= 11 is 0. The van der Waals surface area contributed by atoms with Gasteiger partial charge in [0.15, 0.2) is 0 Å². The van der Waals surface area contributed by atoms with E-state index in [9.17, 15) is 9.59 Å². The van der Waals surface area contributed by atoms with Gasteiger partial charge in [-0.1, -0.05) is 13.8 Å². The number of esters is 1. The standard InChI is InChI=1S/C12H21NO4/c1-5-16-10(14)7-6-9-12(2,3)8-17-11(15)13(9)4/h9H,5-8H2,1-4H3. The lowest BCUT2D eigenvalue weighted by molar-refractivity contribution is -0.144. The lowest BCUT2D eigenvalue weighted by Gasteiger charge is -2.43. The maximum absolute atomic E-state index is 11.5. The number of cyclic esters (lactones) is 1. The van der Waals surface area contributed by atoms with Gasteiger partial charge in [-0.2, -0.15) is 0 Å². The van der Waals surface area contributed by atoms with E-state index >= 15 is 0 Å². The van der Waals surface area contributed by atoms with Crippen LogP contribution in [0.2, 0.25) is 0 Å². The zero-order valence-corrected chi connectivity index (χ0v) is 11.0. The molecule has 1 rings (SSSR count). The summed E-state index contributed by atoms with van der Waals surface area (Å²) in [5.41, 5.74) is -0.144. The van der Waals surface area contributed by atoms with Crippen molar-refractivity contribution >= 4 is 12.1 Å². The van der Waals surface area contributed by atoms with E-state index in [1.807, 2.05) is 13.8 Å². The minimum Gasteiger partial charge on any atom is -0.466 e. The number of rotatable bonds is 4. The van der Waals surface area contributed by atoms with Crippen LogP contribution in [0.1, 0.15) is 33.6 Å². The number of amides is 1. The van der Waals surface area contributed by atoms with E-state index < -0.39 is 0 Å². The highest BCUT2D eigenvalue weighted by Gasteiger charge is 2.40. The van der Waals surface area contributed by atoms with E-state index in [0.29, 0.717) is 26.1 Å². The molecule has 5 nitrogen and oxygen atoms in total. The molecule has 98 valence electrons. The first-order valence-electron chi connectivity index (χ1n) is 5.93. The molecule has 0 N–H and O–H groups in total. The molecule has 1 aliphatic heterocycles. The molecule has 17 heavy (non-hydrogen) atoms. The van der Waals surface area contributed by atoms with E-state index in [-0.39, 0.29) is 23.5 Å². The van der Waals surface area contributed by atoms with Crippen LogP contribution < -0.4 is 0 Å². The first-order chi connectivity index (χ1) is 7.88. The summed E-state index contributed by atoms with van der Waals surface area (Å²) in [5, 5.41) is 0. The van der Waals surface area contributed by atoms with E-state index in [4.69, 9.17) is 9.47 Å². The van der Waals surface area contributed by atoms with E-state index in [0.717, 1.165) is 0 Å². The fraction of sp³-hybridized carbons (Fsp3) is 0.833. The van der Waals surface area contributed by atoms with Gasteiger partial charge in [-0.25, -0.2) is 4.79 Å². The van der Waals surface area contributed by atoms with Gasteiger partial charge in [0.2, 0.25) is 0 Å². The van der Waals surface area contributed by atoms with Gasteiger partial charge < -0.3 is 14.4 Å². The van der Waals surface area contributed by atoms with E-state index in [1.165, 1.54) is 0 Å². The van der Waals surface area contributed by atoms with Gasteiger partial charge in [0.1, 0.15) is 6.61 Å². The van der Waals surface area contributed by atoms with Gasteiger partial charge in [0.05, 0.1) is 6.61 Å². The molecule has 1 atom stereocenters. The van der Waals surface area contributed by atoms with Crippen molar-refractivity contribution in [3.8, 4) is 0 Å². The van der Waals surface area contributed by atoms with Crippen LogP contribution in [0, 0.1) is 5.41 Å². The third-order valence-corrected chi connectivity index (χ3v) is 3.15. The zero-order chi connectivity index (χ0) is 13.1. The molecule has 0 aromatic carbocycles. The second-order valence-electron chi connectivity index (χ2n) is 5.01. The van der Waals surface area contributed by atoms with Crippen molar-refractivity contribution in [2.45, 2.75) is 39.7 Å². The average Bonchev–Trinajstić information content (AvgIpc) is 2.24. The normalized spacial score (nSPS) is 23.2. The monoisotopic (exact) mass is 243 g/mol. The summed E-state index contributed by atoms with van der Waals surface area (Å²) in [6, 6.07) is 0.00755. The van der Waals surface area contributed by atoms with Crippen LogP contribution in [-0.2, 0) is 14.3 Å². The molecule has 0 aliphatic carbocycles. The lowest BCUT2D eigenvalue weighted by Crippen LogP contribution is -2.53. The molecule has 0 saturated carbocycles. The van der Waals surface area contributed by atoms with Crippen molar-refractivity contribution in [2.75, 3.05) is 20.3 Å². The number of nitrogens with zero attached hydrogens (tertiary/aromatic N) is 1. The molecule has 1 amide bonds. The Hall–Kier alpha value is -1.26. The van der Waals surface area contributed by atoms with Crippen LogP contribution in [-0.4, -0.2) is 43.3 Å². The highest BCUT2D eigenvalue weighted by atomic mass is 16.6. The summed E-state index contributed by atoms with van der Waals surface area (Å²) in [6.45, 7) is 6.64. The third kappa shape index (κ3) is 3.35. The van der Waals surface area contributed by atoms with Crippen LogP contribution >= 0.6 is 0 Å². The van der Waals surface area contributed by atoms with Gasteiger partial charge in [-0.15, -0.1) is 0 Å². The summed E-state index contributed by atoms with van der Waals surface area (Å²) in [4.78, 5) is 24.4. The topological polar surface area (TPSA) is 55.8 Å². The summed E-state index contributed by atoms with van der Waals surface area (Å²) in [7, 11) is 1.71. The maximum atomic E-state index is 11.5. The largest absolute Gasteiger partial charge is 0.466 e. The molecule has 0 aromatic rings. The van der Waals surface area contributed by atoms with E-state index in [2.05, 4.69) is 0 Å². The van der Waals surface area contributed by atoms with Crippen LogP contribution in [0.15, 0.2) is 0 Å². The molecule has 0 bridgehead atoms. The summed E-state index contributed by atoms with van der Waals surface area (Å²) in [6.07, 6.45) is 0.620. The number of ether oxygens (including phenoxy) is 2. The predicted octanol–water partition coefficient (Wildman–Crippen LogP) is 1.81. The minimum absolute atomic E-state index is 0.00755. The molecular formula is C12H21NO4. The first-order valence-corrected chi connectivity index (χ1v) is 5.93. The number of hydrogen-bond donors (Lipinski definition) is 0. The lowest BCUT2D eigenvalue weighted by atomic mass is 9.81. The van der Waals surface area contributed by atoms with Crippen LogP contribution in [0.3, 0.4) is 0 Å². The van der Waals surface area contributed by atoms with Crippen molar-refractivity contribution in [1.82, 2.24) is 4.90 Å². The fourth-order valence-corrected chi connectivity index (χ4v) is 2.17. The second kappa shape index (κ2) is 5.38. The molecule has 1 heterocycles. The smallest absolute Gasteiger partial charge is 0.409 e. The first kappa shape index (κ1) is 13.8. The summed E-state index contributed by atoms with van der Waals surface area (Å²) < 4.78 is 9.95. The Bertz CT molecular complexity index is 301. The van der Waals surface area contributed by atoms with E-state index in [1.54, 1.807) is 18.9 Å². The second-order valence-corrected chi connectivity index (χ2v) is 5.01. The van der Waals surface area contributed by atoms with Crippen molar-refractivity contribution in [1.29, 1.82) is 0 Å². The highest BCUT2D eigenvalue weighted by Crippen LogP contribution is 2.32. The highest BCUT2D eigenvalue weighted by molar-refractivity contribution is 5.70. The van der Waals surface area contributed by atoms with Gasteiger partial charge in [-0.05, 0) is 13.3 Å². The minimum atomic E-state index is -0.321. The van der Waals surface area contributed by atoms with Crippen LogP contribution in [0.4, 0.5) is 4.79 Å². The Morgan fingerprint density at radius 1 is 1.59 bits per heavy atom. The van der Waals surface area contributed by atoms with Gasteiger partial charge in [0.25, 0.3) is 0 Å². The Labute approximate surface area is 102 Å². The Morgan fingerprint density at radius 3 is 2.82 bits per heavy atom. The zero-order valence-electron chi connectivity index (χ0n) is 11.0. The molecule has 0 spiro atoms. The predicted molar refractivity (Wildman–Crippen MR) is 62.5 cm³/mol. The van der Waals surface area contributed by atoms with Crippen molar-refractivity contribution in [3.63, 3.8) is 0 Å². The SMILES string of the molecule is CCOC(=O)CCC1N(C)C(=O)OCC1(C)C. The number of carbonyl (C=O) groups is 2. The Morgan fingerprint density at radius 2 is 2.24 bits per heavy atom. The van der Waals surface area contributed by atoms with Crippen molar-refractivity contribution < 1.29 is 19.1 Å². The van der Waals surface area contributed by atoms with Gasteiger partial charge in [-0.3, -0.25) is 4.79 Å². The third-order valence-electron chi connectivity index (χ3n) is 3.15. The van der Waals surface area contributed by atoms with Crippen LogP contribution in [0.5, 0.6) is 0 Å². The maximum Gasteiger partial charge on any atom is 0.409 e. The van der Waals surface area contributed by atoms with Crippen molar-refractivity contribution in [2.24, 2.45) is 5.41 Å².